The quantitative estimate of drug-likeness (QED) is 0.511. The fourth-order valence-corrected chi connectivity index (χ4v) is 1.47. The van der Waals surface area contributed by atoms with Crippen LogP contribution < -0.4 is 0 Å². The van der Waals surface area contributed by atoms with Crippen molar-refractivity contribution in [2.45, 2.75) is 59.8 Å². The molecular formula is C13H24O2. The Labute approximate surface area is 93.4 Å². The molecule has 0 aliphatic heterocycles. The lowest BCUT2D eigenvalue weighted by Crippen LogP contribution is -2.10. The number of allylic oxidation sites excluding steroid dienone is 1. The predicted octanol–water partition coefficient (Wildman–Crippen LogP) is 4.01. The number of carboxylic acid groups (broad SMARTS) is 1. The minimum Gasteiger partial charge on any atom is -0.478 e. The smallest absolute Gasteiger partial charge is 0.330 e. The van der Waals surface area contributed by atoms with Crippen LogP contribution in [0.4, 0.5) is 0 Å². The molecule has 1 N–H and O–H groups in total. The monoisotopic (exact) mass is 212 g/mol. The van der Waals surface area contributed by atoms with Gasteiger partial charge in [0.25, 0.3) is 0 Å². The van der Waals surface area contributed by atoms with E-state index in [9.17, 15) is 4.79 Å². The third-order valence-corrected chi connectivity index (χ3v) is 2.76. The molecule has 0 aromatic rings. The van der Waals surface area contributed by atoms with Crippen molar-refractivity contribution >= 4 is 5.97 Å². The van der Waals surface area contributed by atoms with E-state index in [2.05, 4.69) is 20.8 Å². The van der Waals surface area contributed by atoms with Gasteiger partial charge in [-0.15, -0.1) is 0 Å². The number of hydrogen-bond donors (Lipinski definition) is 1. The van der Waals surface area contributed by atoms with Crippen LogP contribution in [0.15, 0.2) is 11.6 Å². The van der Waals surface area contributed by atoms with Crippen LogP contribution in [0.2, 0.25) is 0 Å². The molecule has 0 heterocycles. The summed E-state index contributed by atoms with van der Waals surface area (Å²) in [6.07, 6.45) is 7.61. The van der Waals surface area contributed by atoms with E-state index in [1.54, 1.807) is 6.92 Å². The van der Waals surface area contributed by atoms with Crippen LogP contribution in [-0.2, 0) is 4.79 Å². The van der Waals surface area contributed by atoms with E-state index >= 15 is 0 Å². The summed E-state index contributed by atoms with van der Waals surface area (Å²) in [4.78, 5) is 10.6. The summed E-state index contributed by atoms with van der Waals surface area (Å²) < 4.78 is 0. The number of carbonyl (C=O) groups is 1. The Kier molecular flexibility index (Phi) is 6.30. The zero-order valence-electron chi connectivity index (χ0n) is 10.5. The van der Waals surface area contributed by atoms with Gasteiger partial charge in [0, 0.05) is 5.57 Å². The van der Waals surface area contributed by atoms with Crippen molar-refractivity contribution in [3.05, 3.63) is 11.6 Å². The van der Waals surface area contributed by atoms with E-state index < -0.39 is 5.97 Å². The molecule has 0 aliphatic rings. The van der Waals surface area contributed by atoms with Crippen molar-refractivity contribution < 1.29 is 9.90 Å². The maximum absolute atomic E-state index is 10.6. The Morgan fingerprint density at radius 1 is 1.33 bits per heavy atom. The highest BCUT2D eigenvalue weighted by Crippen LogP contribution is 2.28. The van der Waals surface area contributed by atoms with E-state index in [4.69, 9.17) is 5.11 Å². The zero-order valence-corrected chi connectivity index (χ0v) is 10.5. The van der Waals surface area contributed by atoms with Crippen molar-refractivity contribution in [2.75, 3.05) is 0 Å². The summed E-state index contributed by atoms with van der Waals surface area (Å²) in [5, 5.41) is 8.72. The molecule has 0 fully saturated rings. The largest absolute Gasteiger partial charge is 0.478 e. The number of aliphatic carboxylic acids is 1. The van der Waals surface area contributed by atoms with E-state index in [1.165, 1.54) is 25.7 Å². The van der Waals surface area contributed by atoms with Crippen LogP contribution in [0.3, 0.4) is 0 Å². The minimum atomic E-state index is -0.806. The van der Waals surface area contributed by atoms with Crippen molar-refractivity contribution in [1.82, 2.24) is 0 Å². The molecule has 0 spiro atoms. The maximum Gasteiger partial charge on any atom is 0.330 e. The Morgan fingerprint density at radius 2 is 1.93 bits per heavy atom. The molecular weight excluding hydrogens is 188 g/mol. The second-order valence-electron chi connectivity index (χ2n) is 5.02. The molecule has 0 aromatic heterocycles. The molecule has 0 bridgehead atoms. The van der Waals surface area contributed by atoms with Crippen LogP contribution in [0.25, 0.3) is 0 Å². The fourth-order valence-electron chi connectivity index (χ4n) is 1.47. The van der Waals surface area contributed by atoms with Gasteiger partial charge in [-0.1, -0.05) is 46.1 Å². The molecule has 0 unspecified atom stereocenters. The summed E-state index contributed by atoms with van der Waals surface area (Å²) >= 11 is 0. The topological polar surface area (TPSA) is 37.3 Å². The van der Waals surface area contributed by atoms with E-state index in [-0.39, 0.29) is 5.41 Å². The second kappa shape index (κ2) is 6.65. The van der Waals surface area contributed by atoms with Crippen molar-refractivity contribution in [2.24, 2.45) is 5.41 Å². The highest BCUT2D eigenvalue weighted by molar-refractivity contribution is 5.85. The lowest BCUT2D eigenvalue weighted by atomic mass is 9.83. The van der Waals surface area contributed by atoms with E-state index in [0.29, 0.717) is 5.57 Å². The number of unbranched alkanes of at least 4 members (excludes halogenated alkanes) is 2. The summed E-state index contributed by atoms with van der Waals surface area (Å²) in [5.41, 5.74) is 0.685. The Balaban J connectivity index is 4.02. The van der Waals surface area contributed by atoms with Crippen LogP contribution in [-0.4, -0.2) is 11.1 Å². The van der Waals surface area contributed by atoms with Gasteiger partial charge >= 0.3 is 5.97 Å². The molecule has 0 rings (SSSR count). The minimum absolute atomic E-state index is 0.228. The summed E-state index contributed by atoms with van der Waals surface area (Å²) in [6.45, 7) is 8.26. The molecule has 0 saturated carbocycles. The average molecular weight is 212 g/mol. The first kappa shape index (κ1) is 14.2. The molecule has 0 atom stereocenters. The van der Waals surface area contributed by atoms with Crippen LogP contribution in [0.5, 0.6) is 0 Å². The van der Waals surface area contributed by atoms with Gasteiger partial charge < -0.3 is 5.11 Å². The Morgan fingerprint density at radius 3 is 2.40 bits per heavy atom. The number of hydrogen-bond acceptors (Lipinski definition) is 1. The summed E-state index contributed by atoms with van der Waals surface area (Å²) in [7, 11) is 0. The second-order valence-corrected chi connectivity index (χ2v) is 5.02. The molecule has 88 valence electrons. The van der Waals surface area contributed by atoms with E-state index in [0.717, 1.165) is 6.42 Å². The molecule has 0 radical (unpaired) electrons. The summed E-state index contributed by atoms with van der Waals surface area (Å²) in [5.74, 6) is -0.806. The first-order valence-corrected chi connectivity index (χ1v) is 5.79. The molecule has 2 heteroatoms. The normalized spacial score (nSPS) is 12.9. The molecule has 0 saturated heterocycles. The van der Waals surface area contributed by atoms with Gasteiger partial charge in [0.15, 0.2) is 0 Å². The first-order valence-electron chi connectivity index (χ1n) is 5.79. The predicted molar refractivity (Wildman–Crippen MR) is 63.9 cm³/mol. The standard InChI is InChI=1S/C13H24O2/c1-5-6-7-9-13(3,4)10-8-11(2)12(14)15/h8H,5-7,9-10H2,1-4H3,(H,14,15). The van der Waals surface area contributed by atoms with Crippen LogP contribution in [0.1, 0.15) is 59.8 Å². The van der Waals surface area contributed by atoms with Gasteiger partial charge in [0.05, 0.1) is 0 Å². The molecule has 15 heavy (non-hydrogen) atoms. The van der Waals surface area contributed by atoms with Gasteiger partial charge in [-0.2, -0.15) is 0 Å². The van der Waals surface area contributed by atoms with Gasteiger partial charge in [0.1, 0.15) is 0 Å². The van der Waals surface area contributed by atoms with Gasteiger partial charge in [-0.05, 0) is 25.2 Å². The molecule has 0 aromatic carbocycles. The Bertz CT molecular complexity index is 227. The highest BCUT2D eigenvalue weighted by Gasteiger charge is 2.16. The molecule has 0 amide bonds. The number of rotatable bonds is 7. The molecule has 0 aliphatic carbocycles. The van der Waals surface area contributed by atoms with Gasteiger partial charge in [-0.25, -0.2) is 4.79 Å². The highest BCUT2D eigenvalue weighted by atomic mass is 16.4. The lowest BCUT2D eigenvalue weighted by Gasteiger charge is -2.22. The Hall–Kier alpha value is -0.790. The van der Waals surface area contributed by atoms with Crippen molar-refractivity contribution in [3.63, 3.8) is 0 Å². The molecule has 2 nitrogen and oxygen atoms in total. The third-order valence-electron chi connectivity index (χ3n) is 2.76. The third kappa shape index (κ3) is 7.18. The van der Waals surface area contributed by atoms with E-state index in [1.807, 2.05) is 6.08 Å². The van der Waals surface area contributed by atoms with Crippen LogP contribution in [0, 0.1) is 5.41 Å². The maximum atomic E-state index is 10.6. The van der Waals surface area contributed by atoms with Crippen molar-refractivity contribution in [1.29, 1.82) is 0 Å². The summed E-state index contributed by atoms with van der Waals surface area (Å²) in [6, 6.07) is 0. The SMILES string of the molecule is CCCCCC(C)(C)CC=C(C)C(=O)O. The fraction of sp³-hybridized carbons (Fsp3) is 0.769. The van der Waals surface area contributed by atoms with Crippen LogP contribution >= 0.6 is 0 Å². The zero-order chi connectivity index (χ0) is 11.9. The number of carboxylic acids is 1. The first-order chi connectivity index (χ1) is 6.89. The average Bonchev–Trinajstić information content (AvgIpc) is 2.14. The lowest BCUT2D eigenvalue weighted by molar-refractivity contribution is -0.132. The van der Waals surface area contributed by atoms with Gasteiger partial charge in [-0.3, -0.25) is 0 Å². The van der Waals surface area contributed by atoms with Crippen molar-refractivity contribution in [3.8, 4) is 0 Å². The van der Waals surface area contributed by atoms with Gasteiger partial charge in [0.2, 0.25) is 0 Å².